The lowest BCUT2D eigenvalue weighted by molar-refractivity contribution is -0.0140. The molecule has 4 N–H and O–H groups in total. The molecule has 0 aliphatic carbocycles. The Bertz CT molecular complexity index is 105. The van der Waals surface area contributed by atoms with E-state index < -0.39 is 18.1 Å². The van der Waals surface area contributed by atoms with Gasteiger partial charge < -0.3 is 20.4 Å². The summed E-state index contributed by atoms with van der Waals surface area (Å²) in [6.45, 7) is 1.32. The van der Waals surface area contributed by atoms with Crippen LogP contribution < -0.4 is 0 Å². The second kappa shape index (κ2) is 6.37. The van der Waals surface area contributed by atoms with Crippen molar-refractivity contribution in [2.24, 2.45) is 5.92 Å². The lowest BCUT2D eigenvalue weighted by Crippen LogP contribution is -2.33. The molecule has 0 saturated heterocycles. The molecule has 0 aromatic carbocycles. The van der Waals surface area contributed by atoms with E-state index in [1.165, 1.54) is 6.92 Å². The van der Waals surface area contributed by atoms with E-state index in [9.17, 15) is 5.11 Å². The van der Waals surface area contributed by atoms with Crippen molar-refractivity contribution in [1.29, 1.82) is 0 Å². The van der Waals surface area contributed by atoms with Crippen LogP contribution in [0.5, 0.6) is 0 Å². The van der Waals surface area contributed by atoms with Crippen molar-refractivity contribution in [3.8, 4) is 0 Å². The second-order valence-electron chi connectivity index (χ2n) is 3.02. The van der Waals surface area contributed by atoms with Gasteiger partial charge in [0.25, 0.3) is 0 Å². The Morgan fingerprint density at radius 3 is 2.08 bits per heavy atom. The highest BCUT2D eigenvalue weighted by Crippen LogP contribution is 2.13. The van der Waals surface area contributed by atoms with Crippen molar-refractivity contribution < 1.29 is 20.4 Å². The average molecular weight is 178 g/mol. The zero-order valence-corrected chi connectivity index (χ0v) is 7.35. The largest absolute Gasteiger partial charge is 0.396 e. The topological polar surface area (TPSA) is 80.9 Å². The van der Waals surface area contributed by atoms with Gasteiger partial charge in [0.2, 0.25) is 0 Å². The highest BCUT2D eigenvalue weighted by atomic mass is 16.3. The fourth-order valence-corrected chi connectivity index (χ4v) is 1.11. The van der Waals surface area contributed by atoms with Gasteiger partial charge in [0.1, 0.15) is 0 Å². The van der Waals surface area contributed by atoms with E-state index in [0.29, 0.717) is 12.8 Å². The van der Waals surface area contributed by atoms with E-state index in [1.54, 1.807) is 0 Å². The first-order valence-electron chi connectivity index (χ1n) is 4.21. The molecule has 0 bridgehead atoms. The maximum Gasteiger partial charge on any atom is 0.0615 e. The molecule has 4 heteroatoms. The molecule has 4 nitrogen and oxygen atoms in total. The van der Waals surface area contributed by atoms with Gasteiger partial charge in [0.15, 0.2) is 0 Å². The molecular formula is C8H18O4. The predicted octanol–water partition coefficient (Wildman–Crippen LogP) is -0.891. The van der Waals surface area contributed by atoms with Gasteiger partial charge in [-0.2, -0.15) is 0 Å². The molecular weight excluding hydrogens is 160 g/mol. The lowest BCUT2D eigenvalue weighted by Gasteiger charge is -2.22. The molecule has 0 aliphatic heterocycles. The molecule has 12 heavy (non-hydrogen) atoms. The minimum absolute atomic E-state index is 0.0228. The van der Waals surface area contributed by atoms with E-state index in [1.807, 2.05) is 0 Å². The summed E-state index contributed by atoms with van der Waals surface area (Å²) < 4.78 is 0. The number of hydrogen-bond donors (Lipinski definition) is 4. The number of rotatable bonds is 6. The van der Waals surface area contributed by atoms with Crippen molar-refractivity contribution in [3.63, 3.8) is 0 Å². The summed E-state index contributed by atoms with van der Waals surface area (Å²) in [5.74, 6) is -0.503. The van der Waals surface area contributed by atoms with Gasteiger partial charge in [-0.3, -0.25) is 0 Å². The van der Waals surface area contributed by atoms with Gasteiger partial charge in [-0.25, -0.2) is 0 Å². The summed E-state index contributed by atoms with van der Waals surface area (Å²) >= 11 is 0. The molecule has 0 spiro atoms. The minimum atomic E-state index is -0.734. The summed E-state index contributed by atoms with van der Waals surface area (Å²) in [5, 5.41) is 35.7. The molecule has 0 heterocycles. The number of hydrogen-bond acceptors (Lipinski definition) is 4. The summed E-state index contributed by atoms with van der Waals surface area (Å²) in [5.41, 5.74) is 0. The molecule has 0 aromatic rings. The molecule has 3 atom stereocenters. The normalized spacial score (nSPS) is 18.8. The molecule has 74 valence electrons. The molecule has 0 amide bonds. The van der Waals surface area contributed by atoms with E-state index in [-0.39, 0.29) is 13.2 Å². The minimum Gasteiger partial charge on any atom is -0.396 e. The van der Waals surface area contributed by atoms with Crippen molar-refractivity contribution in [1.82, 2.24) is 0 Å². The van der Waals surface area contributed by atoms with Crippen molar-refractivity contribution >= 4 is 0 Å². The van der Waals surface area contributed by atoms with E-state index in [4.69, 9.17) is 15.3 Å². The van der Waals surface area contributed by atoms with Gasteiger partial charge in [0.05, 0.1) is 18.8 Å². The van der Waals surface area contributed by atoms with Crippen LogP contribution in [0.1, 0.15) is 19.8 Å². The van der Waals surface area contributed by atoms with Crippen LogP contribution in [0, 0.1) is 5.92 Å². The summed E-state index contributed by atoms with van der Waals surface area (Å²) in [7, 11) is 0. The maximum absolute atomic E-state index is 9.38. The highest BCUT2D eigenvalue weighted by Gasteiger charge is 2.22. The van der Waals surface area contributed by atoms with Crippen LogP contribution in [0.15, 0.2) is 0 Å². The third kappa shape index (κ3) is 4.01. The first kappa shape index (κ1) is 11.8. The Hall–Kier alpha value is -0.160. The first-order chi connectivity index (χ1) is 5.63. The summed E-state index contributed by atoms with van der Waals surface area (Å²) in [4.78, 5) is 0. The van der Waals surface area contributed by atoms with Gasteiger partial charge >= 0.3 is 0 Å². The SMILES string of the molecule is CC(O)C(CO)C(O)CCCO. The maximum atomic E-state index is 9.38. The fraction of sp³-hybridized carbons (Fsp3) is 1.00. The van der Waals surface area contributed by atoms with Gasteiger partial charge in [-0.05, 0) is 19.8 Å². The molecule has 3 unspecified atom stereocenters. The third-order valence-electron chi connectivity index (χ3n) is 1.98. The Morgan fingerprint density at radius 2 is 1.75 bits per heavy atom. The smallest absolute Gasteiger partial charge is 0.0615 e. The van der Waals surface area contributed by atoms with Crippen LogP contribution in [-0.4, -0.2) is 45.8 Å². The van der Waals surface area contributed by atoms with E-state index >= 15 is 0 Å². The van der Waals surface area contributed by atoms with Crippen LogP contribution in [0.25, 0.3) is 0 Å². The number of aliphatic hydroxyl groups is 4. The van der Waals surface area contributed by atoms with Crippen LogP contribution in [0.2, 0.25) is 0 Å². The molecule has 0 aromatic heterocycles. The molecule has 0 radical (unpaired) electrons. The van der Waals surface area contributed by atoms with Crippen LogP contribution in [-0.2, 0) is 0 Å². The molecule has 0 aliphatic rings. The monoisotopic (exact) mass is 178 g/mol. The van der Waals surface area contributed by atoms with Crippen molar-refractivity contribution in [2.45, 2.75) is 32.0 Å². The molecule has 0 fully saturated rings. The predicted molar refractivity (Wildman–Crippen MR) is 44.6 cm³/mol. The van der Waals surface area contributed by atoms with E-state index in [2.05, 4.69) is 0 Å². The van der Waals surface area contributed by atoms with Gasteiger partial charge in [-0.1, -0.05) is 0 Å². The van der Waals surface area contributed by atoms with Gasteiger partial charge in [0, 0.05) is 12.5 Å². The van der Waals surface area contributed by atoms with Crippen LogP contribution in [0.3, 0.4) is 0 Å². The zero-order chi connectivity index (χ0) is 9.56. The Balaban J connectivity index is 3.77. The highest BCUT2D eigenvalue weighted by molar-refractivity contribution is 4.72. The quantitative estimate of drug-likeness (QED) is 0.425. The van der Waals surface area contributed by atoms with Crippen molar-refractivity contribution in [3.05, 3.63) is 0 Å². The Morgan fingerprint density at radius 1 is 1.17 bits per heavy atom. The van der Waals surface area contributed by atoms with Gasteiger partial charge in [-0.15, -0.1) is 0 Å². The van der Waals surface area contributed by atoms with Crippen LogP contribution >= 0.6 is 0 Å². The third-order valence-corrected chi connectivity index (χ3v) is 1.98. The molecule has 0 saturated carbocycles. The number of aliphatic hydroxyl groups excluding tert-OH is 4. The molecule has 0 rings (SSSR count). The summed E-state index contributed by atoms with van der Waals surface area (Å²) in [6.07, 6.45) is -0.553. The van der Waals surface area contributed by atoms with Crippen LogP contribution in [0.4, 0.5) is 0 Å². The Kier molecular flexibility index (Phi) is 6.28. The average Bonchev–Trinajstić information content (AvgIpc) is 2.01. The lowest BCUT2D eigenvalue weighted by atomic mass is 9.95. The Labute approximate surface area is 72.5 Å². The van der Waals surface area contributed by atoms with E-state index in [0.717, 1.165) is 0 Å². The summed E-state index contributed by atoms with van der Waals surface area (Å²) in [6, 6.07) is 0. The fourth-order valence-electron chi connectivity index (χ4n) is 1.11. The second-order valence-corrected chi connectivity index (χ2v) is 3.02. The zero-order valence-electron chi connectivity index (χ0n) is 7.35. The first-order valence-corrected chi connectivity index (χ1v) is 4.21. The standard InChI is InChI=1S/C8H18O4/c1-6(11)7(5-10)8(12)3-2-4-9/h6-12H,2-5H2,1H3. The van der Waals surface area contributed by atoms with Crippen molar-refractivity contribution in [2.75, 3.05) is 13.2 Å².